The van der Waals surface area contributed by atoms with E-state index in [0.717, 1.165) is 5.56 Å². The highest BCUT2D eigenvalue weighted by molar-refractivity contribution is 6.29. The smallest absolute Gasteiger partial charge is 0.220 e. The first-order valence-corrected chi connectivity index (χ1v) is 7.10. The Labute approximate surface area is 127 Å². The van der Waals surface area contributed by atoms with Crippen LogP contribution in [0, 0.1) is 0 Å². The summed E-state index contributed by atoms with van der Waals surface area (Å²) in [6.45, 7) is -0.102. The number of aryl methyl sites for hydroxylation is 1. The van der Waals surface area contributed by atoms with Gasteiger partial charge in [0.1, 0.15) is 5.76 Å². The van der Waals surface area contributed by atoms with Crippen LogP contribution in [0.5, 0.6) is 0 Å². The summed E-state index contributed by atoms with van der Waals surface area (Å²) in [5.41, 5.74) is 1.07. The molecule has 1 heterocycles. The third-order valence-electron chi connectivity index (χ3n) is 3.04. The number of carbonyl (C=O) groups excluding carboxylic acids is 1. The number of halogens is 1. The number of hydrogen-bond acceptors (Lipinski definition) is 4. The molecule has 0 aliphatic carbocycles. The zero-order valence-corrected chi connectivity index (χ0v) is 12.2. The fraction of sp³-hybridized carbons (Fsp3) is 0.333. The first-order chi connectivity index (χ1) is 10.2. The molecular formula is C15H17ClN2O3. The monoisotopic (exact) mass is 308 g/mol. The van der Waals surface area contributed by atoms with Crippen molar-refractivity contribution < 1.29 is 14.4 Å². The van der Waals surface area contributed by atoms with E-state index in [2.05, 4.69) is 10.5 Å². The second kappa shape index (κ2) is 7.81. The molecule has 1 aromatic heterocycles. The first kappa shape index (κ1) is 15.5. The Balaban J connectivity index is 1.79. The summed E-state index contributed by atoms with van der Waals surface area (Å²) in [5.74, 6) is 0.427. The van der Waals surface area contributed by atoms with E-state index >= 15 is 0 Å². The van der Waals surface area contributed by atoms with Gasteiger partial charge in [0.25, 0.3) is 0 Å². The van der Waals surface area contributed by atoms with Crippen molar-refractivity contribution in [1.82, 2.24) is 10.5 Å². The molecule has 0 saturated carbocycles. The van der Waals surface area contributed by atoms with Crippen molar-refractivity contribution in [1.29, 1.82) is 0 Å². The lowest BCUT2D eigenvalue weighted by Gasteiger charge is -2.16. The number of nitrogens with zero attached hydrogens (tertiary/aromatic N) is 1. The first-order valence-electron chi connectivity index (χ1n) is 6.72. The predicted molar refractivity (Wildman–Crippen MR) is 79.0 cm³/mol. The summed E-state index contributed by atoms with van der Waals surface area (Å²) in [6, 6.07) is 11.0. The molecule has 0 radical (unpaired) electrons. The number of aliphatic hydroxyl groups is 1. The quantitative estimate of drug-likeness (QED) is 0.820. The lowest BCUT2D eigenvalue weighted by molar-refractivity contribution is -0.122. The maximum atomic E-state index is 11.9. The molecule has 0 fully saturated rings. The highest BCUT2D eigenvalue weighted by Crippen LogP contribution is 2.10. The number of hydrogen-bond donors (Lipinski definition) is 2. The van der Waals surface area contributed by atoms with Crippen molar-refractivity contribution in [2.24, 2.45) is 0 Å². The zero-order valence-electron chi connectivity index (χ0n) is 11.5. The van der Waals surface area contributed by atoms with Crippen molar-refractivity contribution in [3.8, 4) is 0 Å². The Kier molecular flexibility index (Phi) is 5.78. The topological polar surface area (TPSA) is 75.4 Å². The van der Waals surface area contributed by atoms with Gasteiger partial charge in [0.05, 0.1) is 12.6 Å². The molecule has 0 aliphatic rings. The average Bonchev–Trinajstić information content (AvgIpc) is 2.91. The minimum absolute atomic E-state index is 0.102. The summed E-state index contributed by atoms with van der Waals surface area (Å²) in [4.78, 5) is 11.9. The van der Waals surface area contributed by atoms with Crippen LogP contribution in [0.2, 0.25) is 5.15 Å². The maximum Gasteiger partial charge on any atom is 0.220 e. The second-order valence-electron chi connectivity index (χ2n) is 4.75. The molecule has 1 atom stereocenters. The van der Waals surface area contributed by atoms with Gasteiger partial charge in [-0.15, -0.1) is 0 Å². The fourth-order valence-electron chi connectivity index (χ4n) is 2.00. The van der Waals surface area contributed by atoms with Crippen molar-refractivity contribution in [2.75, 3.05) is 6.61 Å². The van der Waals surface area contributed by atoms with E-state index in [0.29, 0.717) is 18.6 Å². The summed E-state index contributed by atoms with van der Waals surface area (Å²) in [5, 5.41) is 16.0. The van der Waals surface area contributed by atoms with Crippen molar-refractivity contribution in [2.45, 2.75) is 25.3 Å². The van der Waals surface area contributed by atoms with E-state index in [1.807, 2.05) is 30.3 Å². The molecule has 1 aromatic carbocycles. The Hall–Kier alpha value is -1.85. The van der Waals surface area contributed by atoms with Crippen molar-refractivity contribution in [3.05, 3.63) is 52.9 Å². The number of aromatic nitrogens is 1. The van der Waals surface area contributed by atoms with E-state index in [1.54, 1.807) is 6.07 Å². The molecule has 1 amide bonds. The van der Waals surface area contributed by atoms with Gasteiger partial charge in [-0.25, -0.2) is 0 Å². The summed E-state index contributed by atoms with van der Waals surface area (Å²) in [7, 11) is 0. The largest absolute Gasteiger partial charge is 0.394 e. The minimum Gasteiger partial charge on any atom is -0.394 e. The molecule has 0 saturated heterocycles. The van der Waals surface area contributed by atoms with E-state index in [4.69, 9.17) is 16.1 Å². The lowest BCUT2D eigenvalue weighted by atomic mass is 10.1. The van der Waals surface area contributed by atoms with Gasteiger partial charge in [-0.2, -0.15) is 0 Å². The average molecular weight is 309 g/mol. The lowest BCUT2D eigenvalue weighted by Crippen LogP contribution is -2.39. The summed E-state index contributed by atoms with van der Waals surface area (Å²) in [6.07, 6.45) is 1.28. The number of benzene rings is 1. The number of carbonyl (C=O) groups is 1. The summed E-state index contributed by atoms with van der Waals surface area (Å²) >= 11 is 5.63. The van der Waals surface area contributed by atoms with Crippen LogP contribution >= 0.6 is 11.6 Å². The van der Waals surface area contributed by atoms with Crippen molar-refractivity contribution in [3.63, 3.8) is 0 Å². The molecule has 5 nitrogen and oxygen atoms in total. The van der Waals surface area contributed by atoms with Gasteiger partial charge in [-0.1, -0.05) is 47.1 Å². The number of nitrogens with one attached hydrogen (secondary N) is 1. The molecule has 6 heteroatoms. The van der Waals surface area contributed by atoms with Gasteiger partial charge < -0.3 is 14.9 Å². The van der Waals surface area contributed by atoms with Gasteiger partial charge in [0, 0.05) is 18.9 Å². The Morgan fingerprint density at radius 2 is 2.14 bits per heavy atom. The molecule has 0 aliphatic heterocycles. The molecular weight excluding hydrogens is 292 g/mol. The van der Waals surface area contributed by atoms with Crippen LogP contribution < -0.4 is 5.32 Å². The molecule has 0 bridgehead atoms. The van der Waals surface area contributed by atoms with Crippen molar-refractivity contribution >= 4 is 17.5 Å². The van der Waals surface area contributed by atoms with Gasteiger partial charge in [0.15, 0.2) is 5.15 Å². The number of amides is 1. The van der Waals surface area contributed by atoms with Gasteiger partial charge in [0.2, 0.25) is 5.91 Å². The second-order valence-corrected chi connectivity index (χ2v) is 5.14. The molecule has 2 rings (SSSR count). The third-order valence-corrected chi connectivity index (χ3v) is 3.22. The van der Waals surface area contributed by atoms with Crippen LogP contribution in [0.4, 0.5) is 0 Å². The standard InChI is InChI=1S/C15H17ClN2O3/c16-14-9-13(21-18-14)6-7-15(20)17-12(10-19)8-11-4-2-1-3-5-11/h1-5,9,12,19H,6-8,10H2,(H,17,20)/t12-/m1/s1. The van der Waals surface area contributed by atoms with Crippen LogP contribution in [0.3, 0.4) is 0 Å². The van der Waals surface area contributed by atoms with E-state index in [9.17, 15) is 9.90 Å². The molecule has 112 valence electrons. The molecule has 2 N–H and O–H groups in total. The van der Waals surface area contributed by atoms with E-state index in [1.165, 1.54) is 0 Å². The van der Waals surface area contributed by atoms with Crippen LogP contribution in [-0.4, -0.2) is 28.8 Å². The fourth-order valence-corrected chi connectivity index (χ4v) is 2.16. The van der Waals surface area contributed by atoms with Crippen LogP contribution in [0.1, 0.15) is 17.7 Å². The normalized spacial score (nSPS) is 12.1. The number of aliphatic hydroxyl groups excluding tert-OH is 1. The number of rotatable bonds is 7. The van der Waals surface area contributed by atoms with Crippen LogP contribution in [0.15, 0.2) is 40.9 Å². The predicted octanol–water partition coefficient (Wildman–Crippen LogP) is 1.98. The Bertz CT molecular complexity index is 571. The highest BCUT2D eigenvalue weighted by atomic mass is 35.5. The summed E-state index contributed by atoms with van der Waals surface area (Å²) < 4.78 is 4.93. The van der Waals surface area contributed by atoms with Crippen LogP contribution in [-0.2, 0) is 17.6 Å². The highest BCUT2D eigenvalue weighted by Gasteiger charge is 2.13. The maximum absolute atomic E-state index is 11.9. The Morgan fingerprint density at radius 1 is 1.38 bits per heavy atom. The van der Waals surface area contributed by atoms with Gasteiger partial charge in [-0.3, -0.25) is 4.79 Å². The third kappa shape index (κ3) is 5.21. The van der Waals surface area contributed by atoms with E-state index in [-0.39, 0.29) is 30.1 Å². The van der Waals surface area contributed by atoms with Crippen LogP contribution in [0.25, 0.3) is 0 Å². The SMILES string of the molecule is O=C(CCc1cc(Cl)no1)N[C@@H](CO)Cc1ccccc1. The van der Waals surface area contributed by atoms with E-state index < -0.39 is 0 Å². The van der Waals surface area contributed by atoms with Gasteiger partial charge >= 0.3 is 0 Å². The van der Waals surface area contributed by atoms with Gasteiger partial charge in [-0.05, 0) is 12.0 Å². The molecule has 21 heavy (non-hydrogen) atoms. The zero-order chi connectivity index (χ0) is 15.1. The molecule has 2 aromatic rings. The Morgan fingerprint density at radius 3 is 2.76 bits per heavy atom. The molecule has 0 spiro atoms. The minimum atomic E-state index is -0.293. The molecule has 0 unspecified atom stereocenters.